The molecule has 27 heavy (non-hydrogen) atoms. The quantitative estimate of drug-likeness (QED) is 0.773. The van der Waals surface area contributed by atoms with Gasteiger partial charge in [0.1, 0.15) is 11.9 Å². The Morgan fingerprint density at radius 2 is 2.11 bits per heavy atom. The minimum Gasteiger partial charge on any atom is -0.489 e. The molecule has 1 aromatic rings. The van der Waals surface area contributed by atoms with E-state index >= 15 is 0 Å². The maximum Gasteiger partial charge on any atom is 0.255 e. The lowest BCUT2D eigenvalue weighted by molar-refractivity contribution is 0.0918. The van der Waals surface area contributed by atoms with Crippen molar-refractivity contribution >= 4 is 15.7 Å². The first-order valence-corrected chi connectivity index (χ1v) is 11.6. The van der Waals surface area contributed by atoms with Crippen LogP contribution < -0.4 is 15.4 Å². The van der Waals surface area contributed by atoms with Gasteiger partial charge in [-0.15, -0.1) is 0 Å². The molecule has 0 radical (unpaired) electrons. The Hall–Kier alpha value is -1.60. The molecule has 2 N–H and O–H groups in total. The number of ether oxygens (including phenoxy) is 1. The number of benzene rings is 1. The lowest BCUT2D eigenvalue weighted by Gasteiger charge is -2.27. The third kappa shape index (κ3) is 4.63. The van der Waals surface area contributed by atoms with Crippen molar-refractivity contribution in [1.29, 1.82) is 0 Å². The summed E-state index contributed by atoms with van der Waals surface area (Å²) in [4.78, 5) is 13.3. The average Bonchev–Trinajstić information content (AvgIpc) is 3.20. The zero-order chi connectivity index (χ0) is 19.8. The second-order valence-electron chi connectivity index (χ2n) is 8.28. The van der Waals surface area contributed by atoms with E-state index in [-0.39, 0.29) is 29.0 Å². The highest BCUT2D eigenvalue weighted by Gasteiger charge is 2.31. The molecule has 3 atom stereocenters. The highest BCUT2D eigenvalue weighted by Crippen LogP contribution is 2.35. The van der Waals surface area contributed by atoms with Crippen molar-refractivity contribution in [1.82, 2.24) is 10.6 Å². The molecule has 3 unspecified atom stereocenters. The van der Waals surface area contributed by atoms with Gasteiger partial charge in [0.2, 0.25) is 0 Å². The molecule has 0 saturated carbocycles. The zero-order valence-electron chi connectivity index (χ0n) is 16.5. The molecular weight excluding hydrogens is 364 g/mol. The van der Waals surface area contributed by atoms with Crippen LogP contribution in [0.2, 0.25) is 0 Å². The number of amides is 1. The summed E-state index contributed by atoms with van der Waals surface area (Å²) in [5.41, 5.74) is 1.11. The number of carbonyl (C=O) groups excluding carboxylic acids is 1. The minimum atomic E-state index is -3.41. The molecule has 2 aliphatic rings. The van der Waals surface area contributed by atoms with E-state index in [9.17, 15) is 13.2 Å². The van der Waals surface area contributed by atoms with E-state index in [1.165, 1.54) is 12.3 Å². The Labute approximate surface area is 162 Å². The Bertz CT molecular complexity index is 814. The van der Waals surface area contributed by atoms with Gasteiger partial charge in [0.05, 0.1) is 10.5 Å². The van der Waals surface area contributed by atoms with Crippen LogP contribution in [0.1, 0.15) is 56.0 Å². The third-order valence-corrected chi connectivity index (χ3v) is 6.36. The van der Waals surface area contributed by atoms with E-state index in [4.69, 9.17) is 4.74 Å². The van der Waals surface area contributed by atoms with Crippen LogP contribution in [0.15, 0.2) is 17.0 Å². The molecule has 0 aliphatic carbocycles. The Morgan fingerprint density at radius 3 is 2.70 bits per heavy atom. The van der Waals surface area contributed by atoms with Crippen molar-refractivity contribution in [3.05, 3.63) is 23.3 Å². The standard InChI is InChI=1S/C20H30N2O4S/c1-12(2)8-18(17-6-5-7-21-17)22-20(23)16-11-15(27(4,24)25)10-14-9-13(3)26-19(14)16/h10-13,17-18,21H,5-9H2,1-4H3,(H,22,23). The summed E-state index contributed by atoms with van der Waals surface area (Å²) in [6, 6.07) is 3.35. The maximum absolute atomic E-state index is 13.1. The van der Waals surface area contributed by atoms with Crippen LogP contribution in [-0.4, -0.2) is 45.3 Å². The zero-order valence-corrected chi connectivity index (χ0v) is 17.4. The number of hydrogen-bond donors (Lipinski definition) is 2. The van der Waals surface area contributed by atoms with Gasteiger partial charge in [0, 0.05) is 24.8 Å². The molecule has 2 heterocycles. The Balaban J connectivity index is 1.92. The summed E-state index contributed by atoms with van der Waals surface area (Å²) in [5, 5.41) is 6.63. The summed E-state index contributed by atoms with van der Waals surface area (Å²) >= 11 is 0. The average molecular weight is 395 g/mol. The molecule has 1 fully saturated rings. The summed E-state index contributed by atoms with van der Waals surface area (Å²) in [5.74, 6) is 0.710. The predicted molar refractivity (Wildman–Crippen MR) is 105 cm³/mol. The fraction of sp³-hybridized carbons (Fsp3) is 0.650. The number of nitrogens with one attached hydrogen (secondary N) is 2. The van der Waals surface area contributed by atoms with Gasteiger partial charge in [-0.2, -0.15) is 0 Å². The summed E-state index contributed by atoms with van der Waals surface area (Å²) in [6.07, 6.45) is 4.72. The molecule has 2 aliphatic heterocycles. The second-order valence-corrected chi connectivity index (χ2v) is 10.3. The van der Waals surface area contributed by atoms with Crippen molar-refractivity contribution in [3.63, 3.8) is 0 Å². The van der Waals surface area contributed by atoms with E-state index in [1.807, 2.05) is 6.92 Å². The molecule has 3 rings (SSSR count). The molecule has 1 aromatic carbocycles. The fourth-order valence-corrected chi connectivity index (χ4v) is 4.71. The fourth-order valence-electron chi connectivity index (χ4n) is 4.02. The van der Waals surface area contributed by atoms with Gasteiger partial charge in [0.25, 0.3) is 5.91 Å². The van der Waals surface area contributed by atoms with Crippen molar-refractivity contribution in [2.75, 3.05) is 12.8 Å². The molecule has 0 spiro atoms. The van der Waals surface area contributed by atoms with Crippen molar-refractivity contribution in [2.45, 2.75) is 69.5 Å². The molecule has 0 aromatic heterocycles. The van der Waals surface area contributed by atoms with Gasteiger partial charge in [-0.05, 0) is 56.3 Å². The maximum atomic E-state index is 13.1. The lowest BCUT2D eigenvalue weighted by atomic mass is 9.95. The van der Waals surface area contributed by atoms with Gasteiger partial charge in [0.15, 0.2) is 9.84 Å². The molecule has 1 amide bonds. The molecule has 6 nitrogen and oxygen atoms in total. The molecule has 7 heteroatoms. The Morgan fingerprint density at radius 1 is 1.37 bits per heavy atom. The minimum absolute atomic E-state index is 0.0105. The van der Waals surface area contributed by atoms with E-state index < -0.39 is 9.84 Å². The first-order chi connectivity index (χ1) is 12.6. The van der Waals surface area contributed by atoms with E-state index in [0.29, 0.717) is 23.7 Å². The second kappa shape index (κ2) is 7.80. The molecule has 0 bridgehead atoms. The van der Waals surface area contributed by atoms with Gasteiger partial charge in [-0.1, -0.05) is 13.8 Å². The van der Waals surface area contributed by atoms with Crippen molar-refractivity contribution < 1.29 is 17.9 Å². The number of sulfone groups is 1. The van der Waals surface area contributed by atoms with Crippen LogP contribution in [0.4, 0.5) is 0 Å². The number of fused-ring (bicyclic) bond motifs is 1. The van der Waals surface area contributed by atoms with Crippen LogP contribution in [0, 0.1) is 5.92 Å². The van der Waals surface area contributed by atoms with Crippen LogP contribution >= 0.6 is 0 Å². The topological polar surface area (TPSA) is 84.5 Å². The Kier molecular flexibility index (Phi) is 5.82. The lowest BCUT2D eigenvalue weighted by Crippen LogP contribution is -2.48. The first kappa shape index (κ1) is 20.1. The van der Waals surface area contributed by atoms with Crippen LogP contribution in [0.5, 0.6) is 5.75 Å². The van der Waals surface area contributed by atoms with Crippen LogP contribution in [0.25, 0.3) is 0 Å². The monoisotopic (exact) mass is 394 g/mol. The molecular formula is C20H30N2O4S. The summed E-state index contributed by atoms with van der Waals surface area (Å²) in [7, 11) is -3.41. The number of carbonyl (C=O) groups is 1. The van der Waals surface area contributed by atoms with Gasteiger partial charge < -0.3 is 15.4 Å². The van der Waals surface area contributed by atoms with E-state index in [2.05, 4.69) is 24.5 Å². The number of rotatable bonds is 6. The SMILES string of the molecule is CC(C)CC(NC(=O)c1cc(S(C)(=O)=O)cc2c1OC(C)C2)C1CCCN1. The van der Waals surface area contributed by atoms with Crippen LogP contribution in [0.3, 0.4) is 0 Å². The van der Waals surface area contributed by atoms with Crippen LogP contribution in [-0.2, 0) is 16.3 Å². The van der Waals surface area contributed by atoms with E-state index in [1.54, 1.807) is 6.07 Å². The van der Waals surface area contributed by atoms with Crippen molar-refractivity contribution in [2.24, 2.45) is 5.92 Å². The summed E-state index contributed by atoms with van der Waals surface area (Å²) < 4.78 is 30.0. The van der Waals surface area contributed by atoms with Crippen molar-refractivity contribution in [3.8, 4) is 5.75 Å². The van der Waals surface area contributed by atoms with Gasteiger partial charge in [-0.3, -0.25) is 4.79 Å². The highest BCUT2D eigenvalue weighted by atomic mass is 32.2. The predicted octanol–water partition coefficient (Wildman–Crippen LogP) is 2.31. The number of hydrogen-bond acceptors (Lipinski definition) is 5. The molecule has 1 saturated heterocycles. The van der Waals surface area contributed by atoms with Gasteiger partial charge >= 0.3 is 0 Å². The normalized spacial score (nSPS) is 23.1. The van der Waals surface area contributed by atoms with E-state index in [0.717, 1.165) is 31.4 Å². The highest BCUT2D eigenvalue weighted by molar-refractivity contribution is 7.90. The molecule has 150 valence electrons. The first-order valence-electron chi connectivity index (χ1n) is 9.73. The largest absolute Gasteiger partial charge is 0.489 e. The smallest absolute Gasteiger partial charge is 0.255 e. The van der Waals surface area contributed by atoms with Gasteiger partial charge in [-0.25, -0.2) is 8.42 Å². The summed E-state index contributed by atoms with van der Waals surface area (Å²) in [6.45, 7) is 7.17. The third-order valence-electron chi connectivity index (χ3n) is 5.26.